The van der Waals surface area contributed by atoms with Gasteiger partial charge in [-0.05, 0) is 13.1 Å². The van der Waals surface area contributed by atoms with Gasteiger partial charge in [-0.1, -0.05) is 20.1 Å². The molecule has 0 bridgehead atoms. The molecular formula is C9H16N2. The molecule has 0 aliphatic carbocycles. The highest BCUT2D eigenvalue weighted by atomic mass is 15.1. The van der Waals surface area contributed by atoms with E-state index >= 15 is 0 Å². The summed E-state index contributed by atoms with van der Waals surface area (Å²) in [6.07, 6.45) is 2.64. The predicted molar refractivity (Wildman–Crippen MR) is 50.5 cm³/mol. The van der Waals surface area contributed by atoms with Crippen LogP contribution >= 0.6 is 0 Å². The fourth-order valence-corrected chi connectivity index (χ4v) is 0.733. The third kappa shape index (κ3) is 3.61. The SMILES string of the molecule is C=CN(C)/C(CC)=N/C(=C)C. The quantitative estimate of drug-likeness (QED) is 0.448. The Morgan fingerprint density at radius 3 is 2.45 bits per heavy atom. The first-order valence-electron chi connectivity index (χ1n) is 3.70. The Morgan fingerprint density at radius 1 is 1.64 bits per heavy atom. The van der Waals surface area contributed by atoms with Gasteiger partial charge in [0.1, 0.15) is 5.84 Å². The Balaban J connectivity index is 4.38. The molecule has 2 heteroatoms. The van der Waals surface area contributed by atoms with Gasteiger partial charge in [-0.3, -0.25) is 0 Å². The topological polar surface area (TPSA) is 15.6 Å². The predicted octanol–water partition coefficient (Wildman–Crippen LogP) is 2.40. The lowest BCUT2D eigenvalue weighted by Crippen LogP contribution is -2.19. The summed E-state index contributed by atoms with van der Waals surface area (Å²) in [6, 6.07) is 0. The molecule has 0 amide bonds. The standard InChI is InChI=1S/C9H16N2/c1-6-9(10-8(3)4)11(5)7-2/h7H,2-3,6H2,1,4-5H3/b10-9+. The average Bonchev–Trinajstić information content (AvgIpc) is 1.98. The maximum absolute atomic E-state index is 4.24. The van der Waals surface area contributed by atoms with E-state index in [4.69, 9.17) is 0 Å². The van der Waals surface area contributed by atoms with Crippen LogP contribution in [0.1, 0.15) is 20.3 Å². The van der Waals surface area contributed by atoms with E-state index in [1.165, 1.54) is 0 Å². The highest BCUT2D eigenvalue weighted by molar-refractivity contribution is 5.83. The van der Waals surface area contributed by atoms with E-state index in [0.717, 1.165) is 18.0 Å². The molecule has 0 saturated carbocycles. The Bertz CT molecular complexity index is 180. The van der Waals surface area contributed by atoms with Gasteiger partial charge in [0.05, 0.1) is 0 Å². The van der Waals surface area contributed by atoms with Crippen LogP contribution in [0.15, 0.2) is 30.0 Å². The lowest BCUT2D eigenvalue weighted by molar-refractivity contribution is 0.670. The molecule has 0 heterocycles. The van der Waals surface area contributed by atoms with E-state index in [0.29, 0.717) is 0 Å². The zero-order chi connectivity index (χ0) is 8.85. The molecule has 0 radical (unpaired) electrons. The molecule has 0 atom stereocenters. The van der Waals surface area contributed by atoms with Crippen molar-refractivity contribution in [3.63, 3.8) is 0 Å². The zero-order valence-corrected chi connectivity index (χ0v) is 7.59. The van der Waals surface area contributed by atoms with Gasteiger partial charge in [0.15, 0.2) is 0 Å². The largest absolute Gasteiger partial charge is 0.340 e. The minimum absolute atomic E-state index is 0.829. The second-order valence-corrected chi connectivity index (χ2v) is 2.41. The van der Waals surface area contributed by atoms with E-state index in [9.17, 15) is 0 Å². The number of hydrogen-bond donors (Lipinski definition) is 0. The van der Waals surface area contributed by atoms with Gasteiger partial charge in [0, 0.05) is 19.2 Å². The normalized spacial score (nSPS) is 11.0. The van der Waals surface area contributed by atoms with Crippen molar-refractivity contribution in [2.45, 2.75) is 20.3 Å². The van der Waals surface area contributed by atoms with Crippen LogP contribution < -0.4 is 0 Å². The fraction of sp³-hybridized carbons (Fsp3) is 0.444. The molecule has 0 unspecified atom stereocenters. The van der Waals surface area contributed by atoms with Crippen molar-refractivity contribution in [3.05, 3.63) is 25.1 Å². The van der Waals surface area contributed by atoms with Crippen molar-refractivity contribution in [2.75, 3.05) is 7.05 Å². The second kappa shape index (κ2) is 4.72. The lowest BCUT2D eigenvalue weighted by atomic mass is 10.4. The summed E-state index contributed by atoms with van der Waals surface area (Å²) in [5.41, 5.74) is 0.829. The van der Waals surface area contributed by atoms with Crippen LogP contribution in [0.2, 0.25) is 0 Å². The molecule has 2 nitrogen and oxygen atoms in total. The molecule has 0 saturated heterocycles. The molecule has 0 spiro atoms. The first-order valence-corrected chi connectivity index (χ1v) is 3.70. The monoisotopic (exact) mass is 152 g/mol. The summed E-state index contributed by atoms with van der Waals surface area (Å²) in [7, 11) is 1.93. The van der Waals surface area contributed by atoms with Crippen molar-refractivity contribution in [2.24, 2.45) is 4.99 Å². The summed E-state index contributed by atoms with van der Waals surface area (Å²) in [6.45, 7) is 11.3. The zero-order valence-electron chi connectivity index (χ0n) is 7.59. The Kier molecular flexibility index (Phi) is 4.27. The van der Waals surface area contributed by atoms with E-state index in [2.05, 4.69) is 25.1 Å². The molecular weight excluding hydrogens is 136 g/mol. The first kappa shape index (κ1) is 9.95. The molecule has 11 heavy (non-hydrogen) atoms. The smallest absolute Gasteiger partial charge is 0.108 e. The van der Waals surface area contributed by atoms with Gasteiger partial charge in [0.2, 0.25) is 0 Å². The van der Waals surface area contributed by atoms with Gasteiger partial charge in [-0.2, -0.15) is 0 Å². The van der Waals surface area contributed by atoms with Crippen LogP contribution in [-0.2, 0) is 0 Å². The Labute approximate surface area is 68.9 Å². The van der Waals surface area contributed by atoms with Gasteiger partial charge < -0.3 is 4.90 Å². The highest BCUT2D eigenvalue weighted by Crippen LogP contribution is 1.98. The number of aliphatic imine (C=N–C) groups is 1. The van der Waals surface area contributed by atoms with Gasteiger partial charge in [0.25, 0.3) is 0 Å². The molecule has 0 aliphatic rings. The third-order valence-electron chi connectivity index (χ3n) is 1.32. The van der Waals surface area contributed by atoms with Gasteiger partial charge in [-0.25, -0.2) is 4.99 Å². The molecule has 0 aromatic carbocycles. The van der Waals surface area contributed by atoms with Crippen LogP contribution in [0.5, 0.6) is 0 Å². The fourth-order valence-electron chi connectivity index (χ4n) is 0.733. The summed E-state index contributed by atoms with van der Waals surface area (Å²) in [5.74, 6) is 0.993. The third-order valence-corrected chi connectivity index (χ3v) is 1.32. The summed E-state index contributed by atoms with van der Waals surface area (Å²) in [4.78, 5) is 6.14. The summed E-state index contributed by atoms with van der Waals surface area (Å²) < 4.78 is 0. The van der Waals surface area contributed by atoms with Crippen molar-refractivity contribution in [1.29, 1.82) is 0 Å². The maximum Gasteiger partial charge on any atom is 0.108 e. The van der Waals surface area contributed by atoms with Gasteiger partial charge in [-0.15, -0.1) is 0 Å². The number of hydrogen-bond acceptors (Lipinski definition) is 1. The highest BCUT2D eigenvalue weighted by Gasteiger charge is 1.98. The van der Waals surface area contributed by atoms with E-state index in [-0.39, 0.29) is 0 Å². The van der Waals surface area contributed by atoms with Crippen molar-refractivity contribution in [1.82, 2.24) is 4.90 Å². The molecule has 62 valence electrons. The van der Waals surface area contributed by atoms with E-state index < -0.39 is 0 Å². The molecule has 0 rings (SSSR count). The second-order valence-electron chi connectivity index (χ2n) is 2.41. The molecule has 0 N–H and O–H groups in total. The van der Waals surface area contributed by atoms with Crippen LogP contribution in [0.4, 0.5) is 0 Å². The molecule has 0 aliphatic heterocycles. The van der Waals surface area contributed by atoms with Gasteiger partial charge >= 0.3 is 0 Å². The summed E-state index contributed by atoms with van der Waals surface area (Å²) in [5, 5.41) is 0. The van der Waals surface area contributed by atoms with Crippen LogP contribution in [0, 0.1) is 0 Å². The number of allylic oxidation sites excluding steroid dienone is 1. The maximum atomic E-state index is 4.24. The minimum Gasteiger partial charge on any atom is -0.340 e. The van der Waals surface area contributed by atoms with Crippen molar-refractivity contribution in [3.8, 4) is 0 Å². The van der Waals surface area contributed by atoms with E-state index in [1.807, 2.05) is 18.9 Å². The Morgan fingerprint density at radius 2 is 2.18 bits per heavy atom. The number of nitrogens with zero attached hydrogens (tertiary/aromatic N) is 2. The number of amidine groups is 1. The summed E-state index contributed by atoms with van der Waals surface area (Å²) >= 11 is 0. The van der Waals surface area contributed by atoms with Crippen molar-refractivity contribution < 1.29 is 0 Å². The Hall–Kier alpha value is -1.05. The van der Waals surface area contributed by atoms with Crippen LogP contribution in [0.3, 0.4) is 0 Å². The molecule has 0 aromatic heterocycles. The average molecular weight is 152 g/mol. The molecule has 0 fully saturated rings. The van der Waals surface area contributed by atoms with Crippen LogP contribution in [0.25, 0.3) is 0 Å². The lowest BCUT2D eigenvalue weighted by Gasteiger charge is -2.14. The van der Waals surface area contributed by atoms with E-state index in [1.54, 1.807) is 6.20 Å². The first-order chi connectivity index (χ1) is 5.11. The molecule has 0 aromatic rings. The minimum atomic E-state index is 0.829. The number of rotatable bonds is 3. The van der Waals surface area contributed by atoms with Crippen LogP contribution in [-0.4, -0.2) is 17.8 Å². The van der Waals surface area contributed by atoms with Crippen molar-refractivity contribution >= 4 is 5.84 Å².